The lowest BCUT2D eigenvalue weighted by Crippen LogP contribution is -2.47. The third-order valence-corrected chi connectivity index (χ3v) is 6.82. The highest BCUT2D eigenvalue weighted by Gasteiger charge is 2.28. The predicted molar refractivity (Wildman–Crippen MR) is 130 cm³/mol. The summed E-state index contributed by atoms with van der Waals surface area (Å²) in [6, 6.07) is 19.4. The Kier molecular flexibility index (Phi) is 9.85. The van der Waals surface area contributed by atoms with Crippen LogP contribution in [0.3, 0.4) is 0 Å². The molecule has 4 nitrogen and oxygen atoms in total. The molecule has 0 amide bonds. The first-order valence-electron chi connectivity index (χ1n) is 12.2. The van der Waals surface area contributed by atoms with Gasteiger partial charge in [0.1, 0.15) is 5.75 Å². The zero-order valence-electron chi connectivity index (χ0n) is 19.2. The van der Waals surface area contributed by atoms with Gasteiger partial charge in [0.05, 0.1) is 0 Å². The number of aromatic hydroxyl groups is 1. The van der Waals surface area contributed by atoms with Crippen molar-refractivity contribution in [3.05, 3.63) is 65.7 Å². The molecule has 170 valence electrons. The van der Waals surface area contributed by atoms with Crippen molar-refractivity contribution in [2.45, 2.75) is 64.0 Å². The van der Waals surface area contributed by atoms with E-state index < -0.39 is 0 Å². The number of hydrogen-bond donors (Lipinski definition) is 3. The van der Waals surface area contributed by atoms with Gasteiger partial charge >= 0.3 is 0 Å². The summed E-state index contributed by atoms with van der Waals surface area (Å²) in [7, 11) is 0. The zero-order valence-corrected chi connectivity index (χ0v) is 19.2. The van der Waals surface area contributed by atoms with E-state index in [0.717, 1.165) is 38.5 Å². The molecule has 2 aromatic rings. The first-order chi connectivity index (χ1) is 15.2. The molecule has 31 heavy (non-hydrogen) atoms. The summed E-state index contributed by atoms with van der Waals surface area (Å²) in [6.45, 7) is 6.49. The number of likely N-dealkylation sites (tertiary alicyclic amines) is 1. The van der Waals surface area contributed by atoms with E-state index in [2.05, 4.69) is 59.6 Å². The number of phenolic OH excluding ortho intramolecular Hbond substituents is 1. The van der Waals surface area contributed by atoms with Gasteiger partial charge in [-0.15, -0.1) is 0 Å². The van der Waals surface area contributed by atoms with Crippen LogP contribution in [0.15, 0.2) is 54.6 Å². The van der Waals surface area contributed by atoms with Gasteiger partial charge in [-0.1, -0.05) is 55.3 Å². The van der Waals surface area contributed by atoms with Crippen molar-refractivity contribution >= 4 is 0 Å². The molecule has 0 aliphatic carbocycles. The Morgan fingerprint density at radius 2 is 1.65 bits per heavy atom. The number of nitrogens with one attached hydrogen (secondary N) is 1. The van der Waals surface area contributed by atoms with Gasteiger partial charge in [0.15, 0.2) is 0 Å². The van der Waals surface area contributed by atoms with Gasteiger partial charge in [-0.25, -0.2) is 0 Å². The molecule has 1 fully saturated rings. The highest BCUT2D eigenvalue weighted by atomic mass is 16.3. The third kappa shape index (κ3) is 7.64. The lowest BCUT2D eigenvalue weighted by atomic mass is 9.88. The summed E-state index contributed by atoms with van der Waals surface area (Å²) in [5.74, 6) is 1.12. The summed E-state index contributed by atoms with van der Waals surface area (Å²) < 4.78 is 0. The maximum atomic E-state index is 9.73. The highest BCUT2D eigenvalue weighted by molar-refractivity contribution is 5.29. The summed E-state index contributed by atoms with van der Waals surface area (Å²) >= 11 is 0. The molecular weight excluding hydrogens is 382 g/mol. The van der Waals surface area contributed by atoms with E-state index in [1.54, 1.807) is 0 Å². The van der Waals surface area contributed by atoms with Crippen molar-refractivity contribution in [1.82, 2.24) is 10.2 Å². The van der Waals surface area contributed by atoms with Crippen molar-refractivity contribution < 1.29 is 5.11 Å². The molecular formula is C27H41N3O. The number of benzene rings is 2. The van der Waals surface area contributed by atoms with Crippen LogP contribution in [0.25, 0.3) is 0 Å². The molecule has 1 heterocycles. The Hall–Kier alpha value is -1.88. The number of phenols is 1. The fraction of sp³-hybridized carbons (Fsp3) is 0.556. The Morgan fingerprint density at radius 1 is 0.968 bits per heavy atom. The minimum Gasteiger partial charge on any atom is -0.508 e. The van der Waals surface area contributed by atoms with Crippen molar-refractivity contribution in [3.8, 4) is 5.75 Å². The van der Waals surface area contributed by atoms with Crippen LogP contribution in [0.4, 0.5) is 0 Å². The second-order valence-electron chi connectivity index (χ2n) is 9.14. The van der Waals surface area contributed by atoms with Crippen LogP contribution >= 0.6 is 0 Å². The van der Waals surface area contributed by atoms with Crippen molar-refractivity contribution in [1.29, 1.82) is 0 Å². The molecule has 1 aliphatic rings. The molecule has 4 N–H and O–H groups in total. The largest absolute Gasteiger partial charge is 0.508 e. The van der Waals surface area contributed by atoms with Gasteiger partial charge < -0.3 is 16.2 Å². The number of piperidine rings is 1. The average Bonchev–Trinajstić information content (AvgIpc) is 2.80. The molecule has 1 saturated heterocycles. The van der Waals surface area contributed by atoms with Crippen LogP contribution in [-0.2, 0) is 6.42 Å². The molecule has 0 unspecified atom stereocenters. The van der Waals surface area contributed by atoms with Crippen molar-refractivity contribution in [2.24, 2.45) is 11.7 Å². The molecule has 0 saturated carbocycles. The van der Waals surface area contributed by atoms with Gasteiger partial charge in [-0.3, -0.25) is 4.90 Å². The van der Waals surface area contributed by atoms with Crippen molar-refractivity contribution in [3.63, 3.8) is 0 Å². The lowest BCUT2D eigenvalue weighted by Gasteiger charge is -2.40. The Morgan fingerprint density at radius 3 is 2.32 bits per heavy atom. The van der Waals surface area contributed by atoms with Gasteiger partial charge in [-0.2, -0.15) is 0 Å². The van der Waals surface area contributed by atoms with Crippen molar-refractivity contribution in [2.75, 3.05) is 26.2 Å². The average molecular weight is 424 g/mol. The van der Waals surface area contributed by atoms with Crippen LogP contribution in [-0.4, -0.2) is 42.2 Å². The van der Waals surface area contributed by atoms with E-state index in [0.29, 0.717) is 11.8 Å². The SMILES string of the molecule is C[C@H]([C@H](NCCCCCCN)c1ccc(O)cc1)N1CCC(Cc2ccccc2)CC1. The maximum absolute atomic E-state index is 9.73. The second kappa shape index (κ2) is 12.8. The van der Waals surface area contributed by atoms with E-state index in [1.807, 2.05) is 12.1 Å². The van der Waals surface area contributed by atoms with E-state index in [9.17, 15) is 5.11 Å². The second-order valence-corrected chi connectivity index (χ2v) is 9.14. The van der Waals surface area contributed by atoms with E-state index in [1.165, 1.54) is 49.7 Å². The number of nitrogens with two attached hydrogens (primary N) is 1. The van der Waals surface area contributed by atoms with Gasteiger partial charge in [-0.05, 0) is 94.4 Å². The minimum absolute atomic E-state index is 0.279. The topological polar surface area (TPSA) is 61.5 Å². The monoisotopic (exact) mass is 423 g/mol. The number of nitrogens with zero attached hydrogens (tertiary/aromatic N) is 1. The van der Waals surface area contributed by atoms with Gasteiger partial charge in [0.25, 0.3) is 0 Å². The zero-order chi connectivity index (χ0) is 21.9. The van der Waals surface area contributed by atoms with Crippen LogP contribution in [0.5, 0.6) is 5.75 Å². The highest BCUT2D eigenvalue weighted by Crippen LogP contribution is 2.28. The Bertz CT molecular complexity index is 726. The molecule has 3 rings (SSSR count). The van der Waals surface area contributed by atoms with Crippen LogP contribution in [0, 0.1) is 5.92 Å². The summed E-state index contributed by atoms with van der Waals surface area (Å²) in [5.41, 5.74) is 8.34. The molecule has 0 radical (unpaired) electrons. The van der Waals surface area contributed by atoms with Crippen LogP contribution in [0.2, 0.25) is 0 Å². The minimum atomic E-state index is 0.279. The number of rotatable bonds is 12. The lowest BCUT2D eigenvalue weighted by molar-refractivity contribution is 0.115. The summed E-state index contributed by atoms with van der Waals surface area (Å²) in [6.07, 6.45) is 8.47. The molecule has 0 spiro atoms. The van der Waals surface area contributed by atoms with E-state index >= 15 is 0 Å². The predicted octanol–water partition coefficient (Wildman–Crippen LogP) is 4.89. The Balaban J connectivity index is 1.54. The quantitative estimate of drug-likeness (QED) is 0.426. The van der Waals surface area contributed by atoms with E-state index in [4.69, 9.17) is 5.73 Å². The first kappa shape index (κ1) is 23.8. The van der Waals surface area contributed by atoms with Crippen LogP contribution in [0.1, 0.15) is 62.6 Å². The maximum Gasteiger partial charge on any atom is 0.115 e. The first-order valence-corrected chi connectivity index (χ1v) is 12.2. The molecule has 4 heteroatoms. The normalized spacial score (nSPS) is 17.5. The molecule has 1 aliphatic heterocycles. The number of unbranched alkanes of at least 4 members (excludes halogenated alkanes) is 3. The van der Waals surface area contributed by atoms with Gasteiger partial charge in [0, 0.05) is 12.1 Å². The third-order valence-electron chi connectivity index (χ3n) is 6.82. The molecule has 2 atom stereocenters. The summed E-state index contributed by atoms with van der Waals surface area (Å²) in [5, 5.41) is 13.6. The fourth-order valence-corrected chi connectivity index (χ4v) is 4.85. The fourth-order valence-electron chi connectivity index (χ4n) is 4.85. The standard InChI is InChI=1S/C27H41N3O/c1-22(30-19-15-24(16-20-30)21-23-9-5-4-6-10-23)27(25-11-13-26(31)14-12-25)29-18-8-3-2-7-17-28/h4-6,9-14,22,24,27,29,31H,2-3,7-8,15-21,28H2,1H3/t22-,27+/m1/s1. The summed E-state index contributed by atoms with van der Waals surface area (Å²) in [4.78, 5) is 2.65. The van der Waals surface area contributed by atoms with Gasteiger partial charge in [0.2, 0.25) is 0 Å². The van der Waals surface area contributed by atoms with Crippen LogP contribution < -0.4 is 11.1 Å². The number of hydrogen-bond acceptors (Lipinski definition) is 4. The van der Waals surface area contributed by atoms with E-state index in [-0.39, 0.29) is 6.04 Å². The molecule has 0 aromatic heterocycles. The Labute approximate surface area is 188 Å². The molecule has 2 aromatic carbocycles. The smallest absolute Gasteiger partial charge is 0.115 e. The molecule has 0 bridgehead atoms.